The average Bonchev–Trinajstić information content (AvgIpc) is 2.80. The van der Waals surface area contributed by atoms with E-state index in [1.807, 2.05) is 21.5 Å². The Morgan fingerprint density at radius 1 is 1.29 bits per heavy atom. The van der Waals surface area contributed by atoms with Crippen LogP contribution in [-0.4, -0.2) is 15.7 Å². The molecule has 2 aromatic rings. The molecule has 3 nitrogen and oxygen atoms in total. The minimum atomic E-state index is -0.517. The van der Waals surface area contributed by atoms with Crippen molar-refractivity contribution in [2.24, 2.45) is 5.73 Å². The summed E-state index contributed by atoms with van der Waals surface area (Å²) in [6.07, 6.45) is 5.86. The number of imidazole rings is 1. The molecule has 6 heteroatoms. The molecule has 0 bridgehead atoms. The number of rotatable bonds is 3. The van der Waals surface area contributed by atoms with Crippen molar-refractivity contribution in [2.75, 3.05) is 6.54 Å². The van der Waals surface area contributed by atoms with Crippen LogP contribution in [0.25, 0.3) is 0 Å². The van der Waals surface area contributed by atoms with E-state index < -0.39 is 11.6 Å². The highest BCUT2D eigenvalue weighted by Gasteiger charge is 2.23. The number of fused-ring (bicyclic) bond motifs is 1. The lowest BCUT2D eigenvalue weighted by Crippen LogP contribution is -2.20. The molecule has 21 heavy (non-hydrogen) atoms. The molecule has 3 rings (SSSR count). The first-order valence-electron chi connectivity index (χ1n) is 7.04. The summed E-state index contributed by atoms with van der Waals surface area (Å²) in [6.45, 7) is 1.21. The number of halogens is 2. The minimum absolute atomic E-state index is 0.144. The Morgan fingerprint density at radius 2 is 2.10 bits per heavy atom. The Bertz CT molecular complexity index is 720. The molecule has 1 aliphatic rings. The Labute approximate surface area is 127 Å². The molecule has 1 aromatic heterocycles. The monoisotopic (exact) mass is 309 g/mol. The molecule has 112 valence electrons. The average molecular weight is 309 g/mol. The van der Waals surface area contributed by atoms with Crippen molar-refractivity contribution in [2.45, 2.75) is 31.8 Å². The number of nitrogens with zero attached hydrogens (tertiary/aromatic N) is 2. The largest absolute Gasteiger partial charge is 0.329 e. The van der Waals surface area contributed by atoms with Gasteiger partial charge in [-0.15, -0.1) is 0 Å². The summed E-state index contributed by atoms with van der Waals surface area (Å²) in [5.41, 5.74) is 6.94. The molecule has 0 aliphatic heterocycles. The SMILES string of the molecule is NCCn1ccn(C2CCc3c(F)cc(F)cc3C2)c1=S. The summed E-state index contributed by atoms with van der Waals surface area (Å²) in [5.74, 6) is -0.955. The quantitative estimate of drug-likeness (QED) is 0.885. The van der Waals surface area contributed by atoms with Gasteiger partial charge in [-0.25, -0.2) is 8.78 Å². The van der Waals surface area contributed by atoms with Gasteiger partial charge in [0.25, 0.3) is 0 Å². The van der Waals surface area contributed by atoms with Gasteiger partial charge in [0.15, 0.2) is 4.77 Å². The number of benzene rings is 1. The summed E-state index contributed by atoms with van der Waals surface area (Å²) in [7, 11) is 0. The zero-order chi connectivity index (χ0) is 15.0. The summed E-state index contributed by atoms with van der Waals surface area (Å²) >= 11 is 5.44. The molecular weight excluding hydrogens is 292 g/mol. The highest BCUT2D eigenvalue weighted by atomic mass is 32.1. The van der Waals surface area contributed by atoms with E-state index in [2.05, 4.69) is 0 Å². The lowest BCUT2D eigenvalue weighted by Gasteiger charge is -2.26. The Hall–Kier alpha value is -1.53. The third-order valence-corrected chi connectivity index (χ3v) is 4.52. The number of hydrogen-bond donors (Lipinski definition) is 1. The van der Waals surface area contributed by atoms with Gasteiger partial charge in [0.05, 0.1) is 0 Å². The maximum atomic E-state index is 13.8. The van der Waals surface area contributed by atoms with Crippen LogP contribution >= 0.6 is 12.2 Å². The number of aromatic nitrogens is 2. The highest BCUT2D eigenvalue weighted by molar-refractivity contribution is 7.71. The Morgan fingerprint density at radius 3 is 2.86 bits per heavy atom. The minimum Gasteiger partial charge on any atom is -0.329 e. The van der Waals surface area contributed by atoms with E-state index in [1.54, 1.807) is 0 Å². The topological polar surface area (TPSA) is 35.9 Å². The van der Waals surface area contributed by atoms with Crippen LogP contribution in [0.4, 0.5) is 8.78 Å². The third kappa shape index (κ3) is 2.65. The van der Waals surface area contributed by atoms with Crippen LogP contribution in [0.2, 0.25) is 0 Å². The van der Waals surface area contributed by atoms with Crippen molar-refractivity contribution < 1.29 is 8.78 Å². The van der Waals surface area contributed by atoms with Crippen LogP contribution in [0.1, 0.15) is 23.6 Å². The maximum absolute atomic E-state index is 13.8. The zero-order valence-corrected chi connectivity index (χ0v) is 12.4. The maximum Gasteiger partial charge on any atom is 0.180 e. The normalized spacial score (nSPS) is 17.8. The smallest absolute Gasteiger partial charge is 0.180 e. The fraction of sp³-hybridized carbons (Fsp3) is 0.400. The van der Waals surface area contributed by atoms with E-state index in [4.69, 9.17) is 18.0 Å². The zero-order valence-electron chi connectivity index (χ0n) is 11.6. The van der Waals surface area contributed by atoms with Gasteiger partial charge < -0.3 is 14.9 Å². The van der Waals surface area contributed by atoms with Gasteiger partial charge >= 0.3 is 0 Å². The summed E-state index contributed by atoms with van der Waals surface area (Å²) < 4.78 is 31.8. The van der Waals surface area contributed by atoms with Crippen molar-refractivity contribution in [3.63, 3.8) is 0 Å². The summed E-state index contributed by atoms with van der Waals surface area (Å²) in [4.78, 5) is 0. The predicted octanol–water partition coefficient (Wildman–Crippen LogP) is 2.99. The lowest BCUT2D eigenvalue weighted by atomic mass is 9.87. The molecule has 0 spiro atoms. The second-order valence-electron chi connectivity index (χ2n) is 5.39. The molecule has 2 N–H and O–H groups in total. The molecule has 1 heterocycles. The standard InChI is InChI=1S/C15H17F2N3S/c16-11-7-10-8-12(1-2-13(10)14(17)9-11)20-6-5-19(4-3-18)15(20)21/h5-7,9,12H,1-4,8,18H2. The third-order valence-electron chi connectivity index (χ3n) is 4.07. The van der Waals surface area contributed by atoms with Crippen molar-refractivity contribution in [1.29, 1.82) is 0 Å². The molecule has 1 atom stereocenters. The van der Waals surface area contributed by atoms with Gasteiger partial charge in [0.2, 0.25) is 0 Å². The summed E-state index contributed by atoms with van der Waals surface area (Å²) in [6, 6.07) is 2.54. The van der Waals surface area contributed by atoms with Crippen molar-refractivity contribution >= 4 is 12.2 Å². The van der Waals surface area contributed by atoms with Gasteiger partial charge in [0, 0.05) is 37.6 Å². The Kier molecular flexibility index (Phi) is 3.91. The molecule has 1 unspecified atom stereocenters. The van der Waals surface area contributed by atoms with E-state index in [-0.39, 0.29) is 6.04 Å². The summed E-state index contributed by atoms with van der Waals surface area (Å²) in [5, 5.41) is 0. The van der Waals surface area contributed by atoms with E-state index in [0.717, 1.165) is 18.1 Å². The van der Waals surface area contributed by atoms with Crippen LogP contribution in [0, 0.1) is 16.4 Å². The predicted molar refractivity (Wildman–Crippen MR) is 79.7 cm³/mol. The van der Waals surface area contributed by atoms with Crippen molar-refractivity contribution in [3.8, 4) is 0 Å². The van der Waals surface area contributed by atoms with Gasteiger partial charge in [0.1, 0.15) is 11.6 Å². The first kappa shape index (κ1) is 14.4. The number of hydrogen-bond acceptors (Lipinski definition) is 2. The second-order valence-corrected chi connectivity index (χ2v) is 5.76. The molecular formula is C15H17F2N3S. The molecule has 0 saturated carbocycles. The molecule has 0 saturated heterocycles. The van der Waals surface area contributed by atoms with Crippen LogP contribution in [0.5, 0.6) is 0 Å². The van der Waals surface area contributed by atoms with Crippen molar-refractivity contribution in [1.82, 2.24) is 9.13 Å². The Balaban J connectivity index is 1.91. The van der Waals surface area contributed by atoms with E-state index in [1.165, 1.54) is 6.07 Å². The van der Waals surface area contributed by atoms with Gasteiger partial charge in [-0.1, -0.05) is 0 Å². The molecule has 1 aromatic carbocycles. The second kappa shape index (κ2) is 5.69. The fourth-order valence-electron chi connectivity index (χ4n) is 3.04. The fourth-order valence-corrected chi connectivity index (χ4v) is 3.40. The lowest BCUT2D eigenvalue weighted by molar-refractivity contribution is 0.421. The van der Waals surface area contributed by atoms with Gasteiger partial charge in [-0.3, -0.25) is 0 Å². The first-order valence-corrected chi connectivity index (χ1v) is 7.45. The van der Waals surface area contributed by atoms with Gasteiger partial charge in [-0.05, 0) is 48.7 Å². The molecule has 0 radical (unpaired) electrons. The van der Waals surface area contributed by atoms with Crippen LogP contribution < -0.4 is 5.73 Å². The van der Waals surface area contributed by atoms with E-state index in [9.17, 15) is 8.78 Å². The first-order chi connectivity index (χ1) is 10.1. The van der Waals surface area contributed by atoms with Gasteiger partial charge in [-0.2, -0.15) is 0 Å². The molecule has 0 amide bonds. The highest BCUT2D eigenvalue weighted by Crippen LogP contribution is 2.31. The van der Waals surface area contributed by atoms with E-state index >= 15 is 0 Å². The van der Waals surface area contributed by atoms with Crippen LogP contribution in [-0.2, 0) is 19.4 Å². The molecule has 0 fully saturated rings. The molecule has 1 aliphatic carbocycles. The van der Waals surface area contributed by atoms with Crippen LogP contribution in [0.3, 0.4) is 0 Å². The van der Waals surface area contributed by atoms with E-state index in [0.29, 0.717) is 36.3 Å². The number of nitrogens with two attached hydrogens (primary N) is 1. The van der Waals surface area contributed by atoms with Crippen LogP contribution in [0.15, 0.2) is 24.5 Å². The van der Waals surface area contributed by atoms with Crippen molar-refractivity contribution in [3.05, 3.63) is 52.1 Å².